The van der Waals surface area contributed by atoms with Crippen molar-refractivity contribution in [2.24, 2.45) is 0 Å². The molecule has 2 aromatic rings. The molecule has 2 nitrogen and oxygen atoms in total. The third-order valence-electron chi connectivity index (χ3n) is 2.28. The summed E-state index contributed by atoms with van der Waals surface area (Å²) in [6.45, 7) is 4.00. The van der Waals surface area contributed by atoms with Crippen LogP contribution >= 0.6 is 0 Å². The second-order valence-electron chi connectivity index (χ2n) is 3.35. The van der Waals surface area contributed by atoms with Crippen molar-refractivity contribution in [1.82, 2.24) is 0 Å². The van der Waals surface area contributed by atoms with E-state index in [0.29, 0.717) is 0 Å². The van der Waals surface area contributed by atoms with Gasteiger partial charge in [-0.2, -0.15) is 4.73 Å². The molecule has 0 atom stereocenters. The summed E-state index contributed by atoms with van der Waals surface area (Å²) in [6, 6.07) is 7.77. The van der Waals surface area contributed by atoms with Gasteiger partial charge in [-0.05, 0) is 31.0 Å². The van der Waals surface area contributed by atoms with E-state index in [-0.39, 0.29) is 0 Å². The first-order chi connectivity index (χ1) is 6.18. The highest BCUT2D eigenvalue weighted by Gasteiger charge is 2.05. The van der Waals surface area contributed by atoms with Gasteiger partial charge in [-0.3, -0.25) is 0 Å². The van der Waals surface area contributed by atoms with Crippen LogP contribution in [0.25, 0.3) is 10.9 Å². The second-order valence-corrected chi connectivity index (χ2v) is 3.35. The van der Waals surface area contributed by atoms with Crippen molar-refractivity contribution in [2.75, 3.05) is 0 Å². The topological polar surface area (TPSA) is 26.9 Å². The minimum absolute atomic E-state index is 0.750. The SMILES string of the molecule is Cc1ccc2c(C)cc[n+]([O-])c2c1. The zero-order valence-corrected chi connectivity index (χ0v) is 7.74. The minimum Gasteiger partial charge on any atom is -0.618 e. The number of rotatable bonds is 0. The minimum atomic E-state index is 0.750. The van der Waals surface area contributed by atoms with Crippen molar-refractivity contribution < 1.29 is 4.73 Å². The van der Waals surface area contributed by atoms with Crippen molar-refractivity contribution >= 4 is 10.9 Å². The predicted molar refractivity (Wildman–Crippen MR) is 52.4 cm³/mol. The number of fused-ring (bicyclic) bond motifs is 1. The smallest absolute Gasteiger partial charge is 0.224 e. The van der Waals surface area contributed by atoms with Crippen LogP contribution in [0.15, 0.2) is 30.5 Å². The van der Waals surface area contributed by atoms with Gasteiger partial charge in [0.2, 0.25) is 5.52 Å². The molecule has 0 aliphatic carbocycles. The van der Waals surface area contributed by atoms with Crippen molar-refractivity contribution in [1.29, 1.82) is 0 Å². The molecule has 0 N–H and O–H groups in total. The summed E-state index contributed by atoms with van der Waals surface area (Å²) in [5, 5.41) is 12.4. The number of nitrogens with zero attached hydrogens (tertiary/aromatic N) is 1. The highest BCUT2D eigenvalue weighted by Crippen LogP contribution is 2.15. The molecule has 0 radical (unpaired) electrons. The molecule has 2 heteroatoms. The van der Waals surface area contributed by atoms with Crippen molar-refractivity contribution in [2.45, 2.75) is 13.8 Å². The number of pyridine rings is 1. The first-order valence-corrected chi connectivity index (χ1v) is 4.27. The van der Waals surface area contributed by atoms with Crippen LogP contribution in [0.4, 0.5) is 0 Å². The van der Waals surface area contributed by atoms with E-state index in [1.165, 1.54) is 0 Å². The fourth-order valence-electron chi connectivity index (χ4n) is 1.51. The lowest BCUT2D eigenvalue weighted by atomic mass is 10.1. The maximum atomic E-state index is 11.4. The van der Waals surface area contributed by atoms with E-state index in [1.807, 2.05) is 38.1 Å². The van der Waals surface area contributed by atoms with Crippen LogP contribution in [-0.4, -0.2) is 0 Å². The Hall–Kier alpha value is -1.57. The largest absolute Gasteiger partial charge is 0.618 e. The summed E-state index contributed by atoms with van der Waals surface area (Å²) < 4.78 is 0.912. The standard InChI is InChI=1S/C11H11NO/c1-8-3-4-10-9(2)5-6-12(13)11(10)7-8/h3-7H,1-2H3. The molecule has 66 valence electrons. The van der Waals surface area contributed by atoms with E-state index in [9.17, 15) is 5.21 Å². The average molecular weight is 173 g/mol. The van der Waals surface area contributed by atoms with E-state index >= 15 is 0 Å². The molecule has 0 aliphatic heterocycles. The van der Waals surface area contributed by atoms with Crippen molar-refractivity contribution in [3.05, 3.63) is 46.8 Å². The zero-order chi connectivity index (χ0) is 9.42. The van der Waals surface area contributed by atoms with E-state index in [1.54, 1.807) is 6.20 Å². The molecule has 1 aromatic carbocycles. The van der Waals surface area contributed by atoms with Gasteiger partial charge in [-0.25, -0.2) is 0 Å². The number of hydrogen-bond donors (Lipinski definition) is 0. The predicted octanol–water partition coefficient (Wildman–Crippen LogP) is 2.09. The van der Waals surface area contributed by atoms with Gasteiger partial charge < -0.3 is 5.21 Å². The zero-order valence-electron chi connectivity index (χ0n) is 7.74. The van der Waals surface area contributed by atoms with Gasteiger partial charge in [0, 0.05) is 12.1 Å². The normalized spacial score (nSPS) is 10.6. The quantitative estimate of drug-likeness (QED) is 0.442. The van der Waals surface area contributed by atoms with Gasteiger partial charge in [0.15, 0.2) is 6.20 Å². The maximum Gasteiger partial charge on any atom is 0.224 e. The molecular formula is C11H11NO. The fourth-order valence-corrected chi connectivity index (χ4v) is 1.51. The Kier molecular flexibility index (Phi) is 1.69. The van der Waals surface area contributed by atoms with Crippen LogP contribution in [0, 0.1) is 19.1 Å². The van der Waals surface area contributed by atoms with Crippen LogP contribution in [0.2, 0.25) is 0 Å². The Morgan fingerprint density at radius 3 is 2.69 bits per heavy atom. The molecule has 0 fully saturated rings. The summed E-state index contributed by atoms with van der Waals surface area (Å²) in [6.07, 6.45) is 1.55. The first kappa shape index (κ1) is 8.05. The highest BCUT2D eigenvalue weighted by atomic mass is 16.5. The van der Waals surface area contributed by atoms with Gasteiger partial charge >= 0.3 is 0 Å². The van der Waals surface area contributed by atoms with E-state index < -0.39 is 0 Å². The average Bonchev–Trinajstić information content (AvgIpc) is 2.12. The third-order valence-corrected chi connectivity index (χ3v) is 2.28. The summed E-state index contributed by atoms with van der Waals surface area (Å²) in [5.74, 6) is 0. The second kappa shape index (κ2) is 2.73. The fraction of sp³-hybridized carbons (Fsp3) is 0.182. The Bertz CT molecular complexity index is 463. The first-order valence-electron chi connectivity index (χ1n) is 4.27. The maximum absolute atomic E-state index is 11.4. The number of aryl methyl sites for hydroxylation is 2. The third kappa shape index (κ3) is 1.24. The van der Waals surface area contributed by atoms with Crippen LogP contribution in [0.1, 0.15) is 11.1 Å². The molecular weight excluding hydrogens is 162 g/mol. The Labute approximate surface area is 77.0 Å². The Morgan fingerprint density at radius 2 is 1.92 bits per heavy atom. The Balaban J connectivity index is 2.92. The van der Waals surface area contributed by atoms with Crippen molar-refractivity contribution in [3.8, 4) is 0 Å². The highest BCUT2D eigenvalue weighted by molar-refractivity contribution is 5.79. The van der Waals surface area contributed by atoms with Crippen LogP contribution in [0.5, 0.6) is 0 Å². The van der Waals surface area contributed by atoms with Crippen LogP contribution < -0.4 is 4.73 Å². The van der Waals surface area contributed by atoms with Gasteiger partial charge in [-0.1, -0.05) is 6.07 Å². The molecule has 0 spiro atoms. The summed E-state index contributed by atoms with van der Waals surface area (Å²) in [7, 11) is 0. The lowest BCUT2D eigenvalue weighted by Gasteiger charge is -2.03. The molecule has 1 heterocycles. The van der Waals surface area contributed by atoms with Crippen molar-refractivity contribution in [3.63, 3.8) is 0 Å². The molecule has 1 aromatic heterocycles. The van der Waals surface area contributed by atoms with Gasteiger partial charge in [0.05, 0.1) is 5.39 Å². The van der Waals surface area contributed by atoms with E-state index in [2.05, 4.69) is 0 Å². The van der Waals surface area contributed by atoms with Gasteiger partial charge in [0.25, 0.3) is 0 Å². The molecule has 0 amide bonds. The lowest BCUT2D eigenvalue weighted by molar-refractivity contribution is -0.577. The van der Waals surface area contributed by atoms with Gasteiger partial charge in [-0.15, -0.1) is 0 Å². The molecule has 0 saturated heterocycles. The monoisotopic (exact) mass is 173 g/mol. The molecule has 0 unspecified atom stereocenters. The molecule has 0 bridgehead atoms. The summed E-state index contributed by atoms with van der Waals surface area (Å²) in [4.78, 5) is 0. The van der Waals surface area contributed by atoms with Gasteiger partial charge in [0.1, 0.15) is 0 Å². The van der Waals surface area contributed by atoms with Crippen LogP contribution in [0.3, 0.4) is 0 Å². The molecule has 0 aliphatic rings. The summed E-state index contributed by atoms with van der Waals surface area (Å²) in [5.41, 5.74) is 3.00. The van der Waals surface area contributed by atoms with Crippen LogP contribution in [-0.2, 0) is 0 Å². The molecule has 0 saturated carbocycles. The van der Waals surface area contributed by atoms with E-state index in [0.717, 1.165) is 26.8 Å². The molecule has 2 rings (SSSR count). The number of benzene rings is 1. The molecule has 13 heavy (non-hydrogen) atoms. The number of aromatic nitrogens is 1. The van der Waals surface area contributed by atoms with E-state index in [4.69, 9.17) is 0 Å². The summed E-state index contributed by atoms with van der Waals surface area (Å²) >= 11 is 0. The Morgan fingerprint density at radius 1 is 1.15 bits per heavy atom. The number of hydrogen-bond acceptors (Lipinski definition) is 1. The lowest BCUT2D eigenvalue weighted by Crippen LogP contribution is -2.26.